The highest BCUT2D eigenvalue weighted by Gasteiger charge is 2.32. The number of hydrogen-bond donors (Lipinski definition) is 2. The second-order valence-electron chi connectivity index (χ2n) is 7.43. The second-order valence-corrected chi connectivity index (χ2v) is 10.6. The molecule has 2 heterocycles. The lowest BCUT2D eigenvalue weighted by Gasteiger charge is -2.14. The third-order valence-corrected chi connectivity index (χ3v) is 8.23. The summed E-state index contributed by atoms with van der Waals surface area (Å²) in [6, 6.07) is 7.23. The van der Waals surface area contributed by atoms with Crippen molar-refractivity contribution in [1.82, 2.24) is 4.90 Å². The van der Waals surface area contributed by atoms with Crippen LogP contribution in [0, 0.1) is 0 Å². The summed E-state index contributed by atoms with van der Waals surface area (Å²) in [4.78, 5) is 40.4. The molecule has 0 saturated carbocycles. The molecule has 1 fully saturated rings. The van der Waals surface area contributed by atoms with Crippen LogP contribution in [0.15, 0.2) is 29.2 Å². The van der Waals surface area contributed by atoms with Crippen LogP contribution in [-0.4, -0.2) is 33.5 Å². The maximum Gasteiger partial charge on any atom is 0.266 e. The van der Waals surface area contributed by atoms with E-state index in [4.69, 9.17) is 29.6 Å². The monoisotopic (exact) mass is 505 g/mol. The number of carbonyl (C=O) groups is 3. The first-order chi connectivity index (χ1) is 15.3. The standard InChI is InChI=1S/C22H20ClN3O3S3/c23-14-7-3-1-5-12(14)11-16-21(29)26(22(30)32-16)10-9-17(27)25-20-18(19(24)28)13-6-2-4-8-15(13)31-20/h1,3,5,7,11H,2,4,6,8-10H2,(H2,24,28)(H,25,27)/b16-11-. The van der Waals surface area contributed by atoms with Crippen LogP contribution in [-0.2, 0) is 22.4 Å². The number of hydrogen-bond acceptors (Lipinski definition) is 6. The Hall–Kier alpha value is -2.20. The predicted octanol–water partition coefficient (Wildman–Crippen LogP) is 4.61. The molecule has 1 saturated heterocycles. The van der Waals surface area contributed by atoms with Crippen molar-refractivity contribution in [3.63, 3.8) is 0 Å². The van der Waals surface area contributed by atoms with Gasteiger partial charge in [-0.05, 0) is 49.0 Å². The number of primary amides is 1. The molecule has 4 rings (SSSR count). The molecular formula is C22H20ClN3O3S3. The van der Waals surface area contributed by atoms with Gasteiger partial charge in [-0.25, -0.2) is 0 Å². The quantitative estimate of drug-likeness (QED) is 0.442. The minimum atomic E-state index is -0.527. The molecule has 166 valence electrons. The number of halogens is 1. The minimum Gasteiger partial charge on any atom is -0.365 e. The zero-order valence-electron chi connectivity index (χ0n) is 17.0. The molecule has 0 unspecified atom stereocenters. The maximum absolute atomic E-state index is 12.8. The van der Waals surface area contributed by atoms with Gasteiger partial charge in [0.1, 0.15) is 9.32 Å². The number of nitrogens with one attached hydrogen (secondary N) is 1. The fraction of sp³-hybridized carbons (Fsp3) is 0.273. The number of nitrogens with zero attached hydrogens (tertiary/aromatic N) is 1. The predicted molar refractivity (Wildman–Crippen MR) is 134 cm³/mol. The highest BCUT2D eigenvalue weighted by atomic mass is 35.5. The summed E-state index contributed by atoms with van der Waals surface area (Å²) in [5.41, 5.74) is 7.70. The maximum atomic E-state index is 12.8. The molecule has 0 radical (unpaired) electrons. The Morgan fingerprint density at radius 1 is 1.25 bits per heavy atom. The third kappa shape index (κ3) is 4.76. The van der Waals surface area contributed by atoms with Crippen molar-refractivity contribution >= 4 is 80.0 Å². The smallest absolute Gasteiger partial charge is 0.266 e. The SMILES string of the molecule is NC(=O)c1c(NC(=O)CCN2C(=O)/C(=C/c3ccccc3Cl)SC2=S)sc2c1CCCC2. The molecule has 2 aromatic rings. The first-order valence-corrected chi connectivity index (χ1v) is 12.5. The molecule has 0 bridgehead atoms. The van der Waals surface area contributed by atoms with Crippen molar-refractivity contribution in [2.24, 2.45) is 5.73 Å². The second kappa shape index (κ2) is 9.74. The van der Waals surface area contributed by atoms with Gasteiger partial charge < -0.3 is 11.1 Å². The van der Waals surface area contributed by atoms with Gasteiger partial charge in [-0.1, -0.05) is 53.8 Å². The van der Waals surface area contributed by atoms with Gasteiger partial charge in [0.05, 0.1) is 10.5 Å². The van der Waals surface area contributed by atoms with Gasteiger partial charge in [0.25, 0.3) is 11.8 Å². The van der Waals surface area contributed by atoms with Gasteiger partial charge in [0, 0.05) is 22.9 Å². The number of amides is 3. The van der Waals surface area contributed by atoms with E-state index in [1.807, 2.05) is 18.2 Å². The fourth-order valence-electron chi connectivity index (χ4n) is 3.74. The van der Waals surface area contributed by atoms with Gasteiger partial charge in [-0.15, -0.1) is 11.3 Å². The van der Waals surface area contributed by atoms with Gasteiger partial charge in [0.15, 0.2) is 0 Å². The molecule has 6 nitrogen and oxygen atoms in total. The number of aryl methyl sites for hydroxylation is 1. The summed E-state index contributed by atoms with van der Waals surface area (Å²) in [5, 5.41) is 3.86. The van der Waals surface area contributed by atoms with Crippen molar-refractivity contribution in [2.45, 2.75) is 32.1 Å². The zero-order chi connectivity index (χ0) is 22.8. The molecule has 1 aliphatic heterocycles. The van der Waals surface area contributed by atoms with Gasteiger partial charge in [-0.2, -0.15) is 0 Å². The van der Waals surface area contributed by atoms with E-state index in [-0.39, 0.29) is 24.8 Å². The average Bonchev–Trinajstić information content (AvgIpc) is 3.24. The molecule has 0 spiro atoms. The Morgan fingerprint density at radius 2 is 2.00 bits per heavy atom. The summed E-state index contributed by atoms with van der Waals surface area (Å²) in [5.74, 6) is -1.08. The average molecular weight is 506 g/mol. The van der Waals surface area contributed by atoms with Crippen molar-refractivity contribution in [3.8, 4) is 0 Å². The molecule has 32 heavy (non-hydrogen) atoms. The number of thioether (sulfide) groups is 1. The molecule has 0 atom stereocenters. The number of rotatable bonds is 6. The molecule has 1 aliphatic carbocycles. The Bertz CT molecular complexity index is 1160. The summed E-state index contributed by atoms with van der Waals surface area (Å²) in [7, 11) is 0. The van der Waals surface area contributed by atoms with Crippen molar-refractivity contribution in [1.29, 1.82) is 0 Å². The van der Waals surface area contributed by atoms with Crippen LogP contribution >= 0.6 is 46.9 Å². The van der Waals surface area contributed by atoms with Crippen LogP contribution in [0.25, 0.3) is 6.08 Å². The summed E-state index contributed by atoms with van der Waals surface area (Å²) < 4.78 is 0.394. The first kappa shape index (κ1) is 23.0. The Labute approximate surface area is 204 Å². The lowest BCUT2D eigenvalue weighted by atomic mass is 9.95. The summed E-state index contributed by atoms with van der Waals surface area (Å²) in [6.07, 6.45) is 5.52. The molecule has 3 amide bonds. The van der Waals surface area contributed by atoms with Crippen LogP contribution in [0.1, 0.15) is 45.6 Å². The van der Waals surface area contributed by atoms with E-state index in [1.54, 1.807) is 12.1 Å². The number of thiocarbonyl (C=S) groups is 1. The van der Waals surface area contributed by atoms with Gasteiger partial charge in [-0.3, -0.25) is 19.3 Å². The van der Waals surface area contributed by atoms with Crippen molar-refractivity contribution in [3.05, 3.63) is 55.8 Å². The number of anilines is 1. The molecular weight excluding hydrogens is 486 g/mol. The Morgan fingerprint density at radius 3 is 2.75 bits per heavy atom. The zero-order valence-corrected chi connectivity index (χ0v) is 20.2. The van der Waals surface area contributed by atoms with E-state index in [0.717, 1.165) is 41.7 Å². The van der Waals surface area contributed by atoms with Crippen molar-refractivity contribution < 1.29 is 14.4 Å². The van der Waals surface area contributed by atoms with Crippen molar-refractivity contribution in [2.75, 3.05) is 11.9 Å². The molecule has 1 aromatic carbocycles. The molecule has 3 N–H and O–H groups in total. The third-order valence-electron chi connectivity index (χ3n) is 5.30. The highest BCUT2D eigenvalue weighted by molar-refractivity contribution is 8.26. The highest BCUT2D eigenvalue weighted by Crippen LogP contribution is 2.38. The number of thiophene rings is 1. The van der Waals surface area contributed by atoms with Crippen LogP contribution in [0.3, 0.4) is 0 Å². The topological polar surface area (TPSA) is 92.5 Å². The van der Waals surface area contributed by atoms with Crippen LogP contribution < -0.4 is 11.1 Å². The lowest BCUT2D eigenvalue weighted by Crippen LogP contribution is -2.31. The van der Waals surface area contributed by atoms with Crippen LogP contribution in [0.4, 0.5) is 5.00 Å². The van der Waals surface area contributed by atoms with E-state index >= 15 is 0 Å². The van der Waals surface area contributed by atoms with E-state index in [2.05, 4.69) is 5.32 Å². The number of nitrogens with two attached hydrogens (primary N) is 1. The minimum absolute atomic E-state index is 0.0482. The summed E-state index contributed by atoms with van der Waals surface area (Å²) >= 11 is 14.1. The van der Waals surface area contributed by atoms with E-state index in [0.29, 0.717) is 24.8 Å². The lowest BCUT2D eigenvalue weighted by molar-refractivity contribution is -0.122. The van der Waals surface area contributed by atoms with E-state index < -0.39 is 5.91 Å². The molecule has 10 heteroatoms. The van der Waals surface area contributed by atoms with Crippen LogP contribution in [0.2, 0.25) is 5.02 Å². The molecule has 1 aromatic heterocycles. The normalized spacial score (nSPS) is 17.0. The number of fused-ring (bicyclic) bond motifs is 1. The molecule has 2 aliphatic rings. The van der Waals surface area contributed by atoms with Gasteiger partial charge >= 0.3 is 0 Å². The number of carbonyl (C=O) groups excluding carboxylic acids is 3. The fourth-order valence-corrected chi connectivity index (χ4v) is 6.54. The van der Waals surface area contributed by atoms with Crippen LogP contribution in [0.5, 0.6) is 0 Å². The van der Waals surface area contributed by atoms with Gasteiger partial charge in [0.2, 0.25) is 5.91 Å². The first-order valence-electron chi connectivity index (χ1n) is 10.1. The van der Waals surface area contributed by atoms with E-state index in [1.165, 1.54) is 28.0 Å². The largest absolute Gasteiger partial charge is 0.365 e. The van der Waals surface area contributed by atoms with E-state index in [9.17, 15) is 14.4 Å². The summed E-state index contributed by atoms with van der Waals surface area (Å²) in [6.45, 7) is 0.146. The Kier molecular flexibility index (Phi) is 6.99. The Balaban J connectivity index is 1.42. The number of benzene rings is 1.